The fraction of sp³-hybridized carbons (Fsp3) is 0.667. The van der Waals surface area contributed by atoms with Gasteiger partial charge in [0.1, 0.15) is 0 Å². The normalized spacial score (nSPS) is 45.7. The summed E-state index contributed by atoms with van der Waals surface area (Å²) in [6, 6.07) is 7.96. The summed E-state index contributed by atoms with van der Waals surface area (Å²) < 4.78 is 25.7. The number of rotatable bonds is 2. The predicted octanol–water partition coefficient (Wildman–Crippen LogP) is 4.06. The maximum atomic E-state index is 13.5. The molecule has 1 atom stereocenters. The van der Waals surface area contributed by atoms with Gasteiger partial charge in [-0.1, -0.05) is 18.2 Å². The Morgan fingerprint density at radius 3 is 2.36 bits per heavy atom. The summed E-state index contributed by atoms with van der Waals surface area (Å²) in [6.07, 6.45) is 8.21. The molecule has 4 heteroatoms. The van der Waals surface area contributed by atoms with Crippen LogP contribution in [0, 0.1) is 17.8 Å². The van der Waals surface area contributed by atoms with Gasteiger partial charge in [-0.2, -0.15) is 0 Å². The molecule has 4 saturated carbocycles. The Bertz CT molecular complexity index is 618. The lowest BCUT2D eigenvalue weighted by atomic mass is 9.54. The second-order valence-electron chi connectivity index (χ2n) is 7.90. The Kier molecular flexibility index (Phi) is 2.94. The summed E-state index contributed by atoms with van der Waals surface area (Å²) in [5.41, 5.74) is 0.969. The minimum absolute atomic E-state index is 0.172. The minimum Gasteiger partial charge on any atom is -0.305 e. The Morgan fingerprint density at radius 2 is 1.68 bits per heavy atom. The maximum Gasteiger partial charge on any atom is 0.362 e. The van der Waals surface area contributed by atoms with Gasteiger partial charge in [0.05, 0.1) is 17.5 Å². The quantitative estimate of drug-likeness (QED) is 0.771. The van der Waals surface area contributed by atoms with Crippen LogP contribution in [0.25, 0.3) is 0 Å². The molecular weight excluding hydrogens is 295 g/mol. The molecule has 0 N–H and O–H groups in total. The highest BCUT2D eigenvalue weighted by Crippen LogP contribution is 2.63. The van der Waals surface area contributed by atoms with E-state index in [0.29, 0.717) is 6.61 Å². The molecule has 1 aromatic carbocycles. The van der Waals surface area contributed by atoms with Crippen LogP contribution in [-0.2, 0) is 20.0 Å². The van der Waals surface area contributed by atoms with Gasteiger partial charge >= 0.3 is 7.60 Å². The molecule has 118 valence electrons. The van der Waals surface area contributed by atoms with E-state index in [9.17, 15) is 4.57 Å². The van der Waals surface area contributed by atoms with Gasteiger partial charge in [0.2, 0.25) is 0 Å². The summed E-state index contributed by atoms with van der Waals surface area (Å²) in [5.74, 6) is 2.37. The van der Waals surface area contributed by atoms with E-state index in [1.54, 1.807) is 0 Å². The van der Waals surface area contributed by atoms with Crippen molar-refractivity contribution in [2.45, 2.75) is 50.5 Å². The zero-order valence-electron chi connectivity index (χ0n) is 12.9. The molecule has 1 unspecified atom stereocenters. The second-order valence-corrected chi connectivity index (χ2v) is 9.82. The Balaban J connectivity index is 1.50. The molecule has 3 nitrogen and oxygen atoms in total. The van der Waals surface area contributed by atoms with E-state index >= 15 is 0 Å². The van der Waals surface area contributed by atoms with Crippen molar-refractivity contribution < 1.29 is 13.6 Å². The standard InChI is InChI=1S/C18H23O3P/c19-22(17-4-2-1-3-16(17)5-6-20-22)21-18-10-13-7-14(11-18)9-15(8-13)12-18/h1-4,13-15H,5-12H2. The molecule has 1 aromatic rings. The van der Waals surface area contributed by atoms with Crippen LogP contribution in [0.15, 0.2) is 24.3 Å². The van der Waals surface area contributed by atoms with Crippen LogP contribution in [0.5, 0.6) is 0 Å². The highest BCUT2D eigenvalue weighted by Gasteiger charge is 2.55. The monoisotopic (exact) mass is 318 g/mol. The average molecular weight is 318 g/mol. The molecule has 0 spiro atoms. The van der Waals surface area contributed by atoms with Crippen molar-refractivity contribution in [1.82, 2.24) is 0 Å². The smallest absolute Gasteiger partial charge is 0.305 e. The van der Waals surface area contributed by atoms with Gasteiger partial charge in [-0.25, -0.2) is 0 Å². The van der Waals surface area contributed by atoms with Crippen molar-refractivity contribution >= 4 is 12.9 Å². The van der Waals surface area contributed by atoms with E-state index in [2.05, 4.69) is 6.07 Å². The molecule has 0 saturated heterocycles. The van der Waals surface area contributed by atoms with Crippen LogP contribution in [0.3, 0.4) is 0 Å². The first-order chi connectivity index (χ1) is 10.6. The lowest BCUT2D eigenvalue weighted by molar-refractivity contribution is -0.112. The van der Waals surface area contributed by atoms with E-state index < -0.39 is 7.60 Å². The van der Waals surface area contributed by atoms with Crippen molar-refractivity contribution in [3.63, 3.8) is 0 Å². The molecule has 1 heterocycles. The molecule has 0 radical (unpaired) electrons. The molecule has 22 heavy (non-hydrogen) atoms. The van der Waals surface area contributed by atoms with Crippen LogP contribution >= 0.6 is 7.60 Å². The number of hydrogen-bond donors (Lipinski definition) is 0. The van der Waals surface area contributed by atoms with Crippen LogP contribution in [0.2, 0.25) is 0 Å². The van der Waals surface area contributed by atoms with Crippen LogP contribution in [0.1, 0.15) is 44.1 Å². The molecular formula is C18H23O3P. The SMILES string of the molecule is O=P1(OC23CC4CC(CC(C4)C2)C3)OCCc2ccccc21. The van der Waals surface area contributed by atoms with Gasteiger partial charge < -0.3 is 4.52 Å². The molecule has 1 aliphatic heterocycles. The third kappa shape index (κ3) is 2.06. The Morgan fingerprint density at radius 1 is 1.05 bits per heavy atom. The van der Waals surface area contributed by atoms with Crippen molar-refractivity contribution in [2.24, 2.45) is 17.8 Å². The molecule has 4 aliphatic carbocycles. The molecule has 0 aromatic heterocycles. The highest BCUT2D eigenvalue weighted by molar-refractivity contribution is 7.62. The van der Waals surface area contributed by atoms with Crippen molar-refractivity contribution in [3.8, 4) is 0 Å². The molecule has 0 amide bonds. The highest BCUT2D eigenvalue weighted by atomic mass is 31.2. The molecule has 5 aliphatic rings. The van der Waals surface area contributed by atoms with Crippen LogP contribution in [-0.4, -0.2) is 12.2 Å². The third-order valence-corrected chi connectivity index (χ3v) is 8.39. The van der Waals surface area contributed by atoms with Gasteiger partial charge in [-0.05, 0) is 74.3 Å². The lowest BCUT2D eigenvalue weighted by Gasteiger charge is -2.56. The summed E-state index contributed by atoms with van der Waals surface area (Å²) in [7, 11) is -3.15. The average Bonchev–Trinajstić information content (AvgIpc) is 2.45. The number of hydrogen-bond acceptors (Lipinski definition) is 3. The third-order valence-electron chi connectivity index (χ3n) is 6.22. The van der Waals surface area contributed by atoms with E-state index in [1.165, 1.54) is 19.3 Å². The van der Waals surface area contributed by atoms with E-state index in [0.717, 1.165) is 54.3 Å². The van der Waals surface area contributed by atoms with Gasteiger partial charge in [-0.3, -0.25) is 9.09 Å². The first kappa shape index (κ1) is 13.8. The summed E-state index contributed by atoms with van der Waals surface area (Å²) in [5, 5.41) is 0.817. The Labute approximate surface area is 131 Å². The molecule has 4 fully saturated rings. The fourth-order valence-electron chi connectivity index (χ4n) is 5.81. The zero-order chi connectivity index (χ0) is 14.8. The van der Waals surface area contributed by atoms with Crippen molar-refractivity contribution in [1.29, 1.82) is 0 Å². The van der Waals surface area contributed by atoms with Gasteiger partial charge in [0.15, 0.2) is 0 Å². The number of fused-ring (bicyclic) bond motifs is 1. The van der Waals surface area contributed by atoms with Crippen molar-refractivity contribution in [2.75, 3.05) is 6.61 Å². The minimum atomic E-state index is -3.15. The van der Waals surface area contributed by atoms with Crippen LogP contribution in [0.4, 0.5) is 0 Å². The van der Waals surface area contributed by atoms with Gasteiger partial charge in [-0.15, -0.1) is 0 Å². The maximum absolute atomic E-state index is 13.5. The molecule has 6 rings (SSSR count). The predicted molar refractivity (Wildman–Crippen MR) is 85.3 cm³/mol. The van der Waals surface area contributed by atoms with Gasteiger partial charge in [0, 0.05) is 0 Å². The topological polar surface area (TPSA) is 35.5 Å². The first-order valence-electron chi connectivity index (χ1n) is 8.68. The Hall–Kier alpha value is -0.630. The zero-order valence-corrected chi connectivity index (χ0v) is 13.8. The summed E-state index contributed by atoms with van der Waals surface area (Å²) in [6.45, 7) is 0.515. The van der Waals surface area contributed by atoms with Crippen LogP contribution < -0.4 is 5.30 Å². The van der Waals surface area contributed by atoms with E-state index in [-0.39, 0.29) is 5.60 Å². The second kappa shape index (κ2) is 4.69. The van der Waals surface area contributed by atoms with Crippen molar-refractivity contribution in [3.05, 3.63) is 29.8 Å². The first-order valence-corrected chi connectivity index (χ1v) is 10.2. The summed E-state index contributed by atoms with van der Waals surface area (Å²) >= 11 is 0. The lowest BCUT2D eigenvalue weighted by Crippen LogP contribution is -2.52. The summed E-state index contributed by atoms with van der Waals surface area (Å²) in [4.78, 5) is 0. The largest absolute Gasteiger partial charge is 0.362 e. The van der Waals surface area contributed by atoms with E-state index in [4.69, 9.17) is 9.05 Å². The number of benzene rings is 1. The fourth-order valence-corrected chi connectivity index (χ4v) is 7.97. The van der Waals surface area contributed by atoms with Gasteiger partial charge in [0.25, 0.3) is 0 Å². The van der Waals surface area contributed by atoms with E-state index in [1.807, 2.05) is 18.2 Å². The molecule has 4 bridgehead atoms.